The van der Waals surface area contributed by atoms with Crippen LogP contribution >= 0.6 is 0 Å². The van der Waals surface area contributed by atoms with Crippen LogP contribution in [-0.4, -0.2) is 19.2 Å². The molecule has 1 aromatic carbocycles. The molecule has 0 amide bonds. The van der Waals surface area contributed by atoms with Crippen molar-refractivity contribution in [1.82, 2.24) is 5.32 Å². The smallest absolute Gasteiger partial charge is 0.119 e. The van der Waals surface area contributed by atoms with Gasteiger partial charge >= 0.3 is 0 Å². The molecule has 0 bridgehead atoms. The van der Waals surface area contributed by atoms with E-state index >= 15 is 0 Å². The van der Waals surface area contributed by atoms with Crippen LogP contribution in [0.1, 0.15) is 47.0 Å². The maximum absolute atomic E-state index is 5.78. The van der Waals surface area contributed by atoms with Gasteiger partial charge in [0.2, 0.25) is 0 Å². The van der Waals surface area contributed by atoms with E-state index in [2.05, 4.69) is 33.0 Å². The van der Waals surface area contributed by atoms with Gasteiger partial charge in [-0.3, -0.25) is 0 Å². The molecular formula is C18H31NO. The molecular weight excluding hydrogens is 246 g/mol. The lowest BCUT2D eigenvalue weighted by molar-refractivity contribution is 0.236. The summed E-state index contributed by atoms with van der Waals surface area (Å²) < 4.78 is 5.78. The molecule has 2 atom stereocenters. The fourth-order valence-electron chi connectivity index (χ4n) is 2.71. The molecule has 0 radical (unpaired) electrons. The van der Waals surface area contributed by atoms with Crippen molar-refractivity contribution in [2.45, 2.75) is 53.0 Å². The zero-order chi connectivity index (χ0) is 14.8. The SMILES string of the molecule is CCCNC(C)C(CCCOc1ccccc1)C(C)C. The highest BCUT2D eigenvalue weighted by Gasteiger charge is 2.19. The molecule has 0 saturated carbocycles. The van der Waals surface area contributed by atoms with Gasteiger partial charge in [0.15, 0.2) is 0 Å². The predicted molar refractivity (Wildman–Crippen MR) is 87.3 cm³/mol. The summed E-state index contributed by atoms with van der Waals surface area (Å²) in [7, 11) is 0. The average Bonchev–Trinajstić information content (AvgIpc) is 2.45. The molecule has 0 saturated heterocycles. The molecule has 0 aliphatic carbocycles. The van der Waals surface area contributed by atoms with Crippen LogP contribution in [0.3, 0.4) is 0 Å². The minimum Gasteiger partial charge on any atom is -0.494 e. The second-order valence-corrected chi connectivity index (χ2v) is 5.95. The Balaban J connectivity index is 2.28. The molecule has 2 nitrogen and oxygen atoms in total. The Morgan fingerprint density at radius 3 is 2.40 bits per heavy atom. The fourth-order valence-corrected chi connectivity index (χ4v) is 2.71. The highest BCUT2D eigenvalue weighted by atomic mass is 16.5. The molecule has 0 aliphatic heterocycles. The van der Waals surface area contributed by atoms with Crippen LogP contribution < -0.4 is 10.1 Å². The molecule has 0 aliphatic rings. The monoisotopic (exact) mass is 277 g/mol. The highest BCUT2D eigenvalue weighted by molar-refractivity contribution is 5.20. The van der Waals surface area contributed by atoms with E-state index in [1.54, 1.807) is 0 Å². The molecule has 2 heteroatoms. The second kappa shape index (κ2) is 9.82. The highest BCUT2D eigenvalue weighted by Crippen LogP contribution is 2.21. The Labute approximate surface area is 124 Å². The molecule has 0 fully saturated rings. The van der Waals surface area contributed by atoms with Crippen molar-refractivity contribution in [1.29, 1.82) is 0 Å². The van der Waals surface area contributed by atoms with Crippen molar-refractivity contribution in [2.24, 2.45) is 11.8 Å². The number of hydrogen-bond acceptors (Lipinski definition) is 2. The van der Waals surface area contributed by atoms with Gasteiger partial charge in [-0.2, -0.15) is 0 Å². The van der Waals surface area contributed by atoms with Crippen molar-refractivity contribution < 1.29 is 4.74 Å². The predicted octanol–water partition coefficient (Wildman–Crippen LogP) is 4.51. The number of rotatable bonds is 10. The number of benzene rings is 1. The third-order valence-corrected chi connectivity index (χ3v) is 3.91. The standard InChI is InChI=1S/C18H31NO/c1-5-13-19-16(4)18(15(2)3)12-9-14-20-17-10-7-6-8-11-17/h6-8,10-11,15-16,18-19H,5,9,12-14H2,1-4H3. The van der Waals surface area contributed by atoms with Gasteiger partial charge in [0.05, 0.1) is 6.61 Å². The van der Waals surface area contributed by atoms with Crippen molar-refractivity contribution in [3.63, 3.8) is 0 Å². The summed E-state index contributed by atoms with van der Waals surface area (Å²) in [6.07, 6.45) is 3.55. The largest absolute Gasteiger partial charge is 0.494 e. The van der Waals surface area contributed by atoms with Gasteiger partial charge in [0.1, 0.15) is 5.75 Å². The normalized spacial score (nSPS) is 14.2. The maximum Gasteiger partial charge on any atom is 0.119 e. The van der Waals surface area contributed by atoms with Crippen LogP contribution in [0, 0.1) is 11.8 Å². The zero-order valence-corrected chi connectivity index (χ0v) is 13.6. The van der Waals surface area contributed by atoms with E-state index in [4.69, 9.17) is 4.74 Å². The van der Waals surface area contributed by atoms with Crippen molar-refractivity contribution in [2.75, 3.05) is 13.2 Å². The van der Waals surface area contributed by atoms with Crippen molar-refractivity contribution >= 4 is 0 Å². The summed E-state index contributed by atoms with van der Waals surface area (Å²) in [6.45, 7) is 11.1. The Bertz CT molecular complexity index is 337. The van der Waals surface area contributed by atoms with Gasteiger partial charge in [-0.25, -0.2) is 0 Å². The first-order valence-corrected chi connectivity index (χ1v) is 8.06. The van der Waals surface area contributed by atoms with E-state index in [1.165, 1.54) is 12.8 Å². The lowest BCUT2D eigenvalue weighted by atomic mass is 9.85. The molecule has 0 aromatic heterocycles. The van der Waals surface area contributed by atoms with E-state index in [9.17, 15) is 0 Å². The molecule has 1 aromatic rings. The van der Waals surface area contributed by atoms with E-state index in [1.807, 2.05) is 30.3 Å². The van der Waals surface area contributed by atoms with Crippen LogP contribution in [0.2, 0.25) is 0 Å². The summed E-state index contributed by atoms with van der Waals surface area (Å²) in [4.78, 5) is 0. The number of nitrogens with one attached hydrogen (secondary N) is 1. The van der Waals surface area contributed by atoms with Crippen LogP contribution in [0.25, 0.3) is 0 Å². The Morgan fingerprint density at radius 1 is 1.10 bits per heavy atom. The maximum atomic E-state index is 5.78. The third kappa shape index (κ3) is 6.42. The molecule has 0 heterocycles. The van der Waals surface area contributed by atoms with Crippen LogP contribution in [0.15, 0.2) is 30.3 Å². The van der Waals surface area contributed by atoms with Gasteiger partial charge in [0, 0.05) is 6.04 Å². The Kier molecular flexibility index (Phi) is 8.36. The van der Waals surface area contributed by atoms with E-state index in [-0.39, 0.29) is 0 Å². The Hall–Kier alpha value is -1.02. The van der Waals surface area contributed by atoms with Crippen molar-refractivity contribution in [3.8, 4) is 5.75 Å². The van der Waals surface area contributed by atoms with Gasteiger partial charge in [-0.05, 0) is 56.7 Å². The zero-order valence-electron chi connectivity index (χ0n) is 13.6. The quantitative estimate of drug-likeness (QED) is 0.636. The molecule has 2 unspecified atom stereocenters. The number of para-hydroxylation sites is 1. The van der Waals surface area contributed by atoms with E-state index < -0.39 is 0 Å². The van der Waals surface area contributed by atoms with Gasteiger partial charge < -0.3 is 10.1 Å². The molecule has 114 valence electrons. The molecule has 1 rings (SSSR count). The molecule has 20 heavy (non-hydrogen) atoms. The topological polar surface area (TPSA) is 21.3 Å². The average molecular weight is 277 g/mol. The van der Waals surface area contributed by atoms with Crippen LogP contribution in [0.5, 0.6) is 5.75 Å². The number of ether oxygens (including phenoxy) is 1. The summed E-state index contributed by atoms with van der Waals surface area (Å²) in [5.74, 6) is 2.41. The number of hydrogen-bond donors (Lipinski definition) is 1. The van der Waals surface area contributed by atoms with Crippen molar-refractivity contribution in [3.05, 3.63) is 30.3 Å². The summed E-state index contributed by atoms with van der Waals surface area (Å²) >= 11 is 0. The summed E-state index contributed by atoms with van der Waals surface area (Å²) in [5.41, 5.74) is 0. The van der Waals surface area contributed by atoms with E-state index in [0.717, 1.165) is 31.2 Å². The van der Waals surface area contributed by atoms with Crippen LogP contribution in [0.4, 0.5) is 0 Å². The summed E-state index contributed by atoms with van der Waals surface area (Å²) in [5, 5.41) is 3.63. The lowest BCUT2D eigenvalue weighted by Gasteiger charge is -2.28. The minimum absolute atomic E-state index is 0.590. The molecule has 1 N–H and O–H groups in total. The fraction of sp³-hybridized carbons (Fsp3) is 0.667. The van der Waals surface area contributed by atoms with Gasteiger partial charge in [-0.15, -0.1) is 0 Å². The first kappa shape index (κ1) is 17.0. The molecule has 0 spiro atoms. The van der Waals surface area contributed by atoms with Gasteiger partial charge in [0.25, 0.3) is 0 Å². The van der Waals surface area contributed by atoms with Gasteiger partial charge in [-0.1, -0.05) is 39.0 Å². The summed E-state index contributed by atoms with van der Waals surface area (Å²) in [6, 6.07) is 10.7. The minimum atomic E-state index is 0.590. The van der Waals surface area contributed by atoms with E-state index in [0.29, 0.717) is 12.0 Å². The third-order valence-electron chi connectivity index (χ3n) is 3.91. The Morgan fingerprint density at radius 2 is 1.80 bits per heavy atom. The first-order chi connectivity index (χ1) is 9.65. The second-order valence-electron chi connectivity index (χ2n) is 5.95. The first-order valence-electron chi connectivity index (χ1n) is 8.06. The van der Waals surface area contributed by atoms with Crippen LogP contribution in [-0.2, 0) is 0 Å². The lowest BCUT2D eigenvalue weighted by Crippen LogP contribution is -2.36.